The van der Waals surface area contributed by atoms with Crippen molar-refractivity contribution in [2.75, 3.05) is 68.1 Å². The van der Waals surface area contributed by atoms with E-state index in [9.17, 15) is 29.2 Å². The Morgan fingerprint density at radius 1 is 0.947 bits per heavy atom. The minimum Gasteiger partial charge on any atom is -0.486 e. The minimum absolute atomic E-state index is 0.00138. The van der Waals surface area contributed by atoms with Gasteiger partial charge in [0.05, 0.1) is 41.5 Å². The molecule has 1 aromatic heterocycles. The van der Waals surface area contributed by atoms with Gasteiger partial charge in [-0.3, -0.25) is 24.5 Å². The molecule has 394 valence electrons. The summed E-state index contributed by atoms with van der Waals surface area (Å²) in [6.07, 6.45) is 2.90. The van der Waals surface area contributed by atoms with E-state index in [1.54, 1.807) is 4.90 Å². The van der Waals surface area contributed by atoms with E-state index in [2.05, 4.69) is 56.4 Å². The highest BCUT2D eigenvalue weighted by molar-refractivity contribution is 6.36. The number of nitrogens with zero attached hydrogens (tertiary/aromatic N) is 8. The maximum absolute atomic E-state index is 16.0. The highest BCUT2D eigenvalue weighted by Crippen LogP contribution is 2.38. The highest BCUT2D eigenvalue weighted by atomic mass is 35.5. The van der Waals surface area contributed by atoms with Crippen molar-refractivity contribution in [1.29, 1.82) is 5.26 Å². The second kappa shape index (κ2) is 21.9. The lowest BCUT2D eigenvalue weighted by Gasteiger charge is -2.42. The molecule has 3 atom stereocenters. The number of likely N-dealkylation sites (tertiary alicyclic amines) is 1. The molecule has 3 N–H and O–H groups in total. The van der Waals surface area contributed by atoms with Gasteiger partial charge in [0.15, 0.2) is 11.6 Å². The van der Waals surface area contributed by atoms with E-state index in [1.165, 1.54) is 17.0 Å². The molecule has 5 aliphatic rings. The molecule has 18 nitrogen and oxygen atoms in total. The lowest BCUT2D eigenvalue weighted by Crippen LogP contribution is -2.56. The molecular weight excluding hydrogens is 1020 g/mol. The number of piperazine rings is 1. The average Bonchev–Trinajstić information content (AvgIpc) is 3.99. The maximum atomic E-state index is 16.0. The number of amides is 6. The first-order valence-electron chi connectivity index (χ1n) is 25.0. The molecule has 6 heterocycles. The summed E-state index contributed by atoms with van der Waals surface area (Å²) >= 11 is 13.1. The summed E-state index contributed by atoms with van der Waals surface area (Å²) in [6.45, 7) is 6.53. The van der Waals surface area contributed by atoms with Gasteiger partial charge < -0.3 is 44.6 Å². The van der Waals surface area contributed by atoms with Crippen LogP contribution in [0.1, 0.15) is 64.8 Å². The second-order valence-electron chi connectivity index (χ2n) is 19.6. The fourth-order valence-corrected chi connectivity index (χ4v) is 11.2. The number of benzene rings is 4. The largest absolute Gasteiger partial charge is 0.486 e. The number of aromatic nitrogens is 2. The summed E-state index contributed by atoms with van der Waals surface area (Å²) in [4.78, 5) is 83.8. The second-order valence-corrected chi connectivity index (χ2v) is 20.4. The lowest BCUT2D eigenvalue weighted by atomic mass is 10.0. The predicted molar refractivity (Wildman–Crippen MR) is 279 cm³/mol. The zero-order valence-electron chi connectivity index (χ0n) is 41.5. The van der Waals surface area contributed by atoms with Crippen molar-refractivity contribution in [1.82, 2.24) is 35.3 Å². The smallest absolute Gasteiger partial charge is 0.319 e. The normalized spacial score (nSPS) is 19.5. The molecular formula is C54H53Cl2F2N11O7. The first kappa shape index (κ1) is 51.9. The summed E-state index contributed by atoms with van der Waals surface area (Å²) < 4.78 is 43.3. The van der Waals surface area contributed by atoms with Crippen molar-refractivity contribution in [2.24, 2.45) is 0 Å². The number of halogens is 4. The number of urea groups is 1. The van der Waals surface area contributed by atoms with Crippen LogP contribution in [-0.2, 0) is 40.4 Å². The van der Waals surface area contributed by atoms with Gasteiger partial charge in [0.2, 0.25) is 11.8 Å². The Morgan fingerprint density at radius 2 is 1.76 bits per heavy atom. The number of imide groups is 1. The van der Waals surface area contributed by atoms with E-state index >= 15 is 8.78 Å². The molecule has 10 rings (SSSR count). The van der Waals surface area contributed by atoms with E-state index in [-0.39, 0.29) is 84.9 Å². The number of hydrogen-bond acceptors (Lipinski definition) is 13. The fraction of sp³-hybridized carbons (Fsp3) is 0.370. The quantitative estimate of drug-likeness (QED) is 0.0766. The number of fused-ring (bicyclic) bond motifs is 3. The maximum Gasteiger partial charge on any atom is 0.319 e. The van der Waals surface area contributed by atoms with Gasteiger partial charge in [-0.1, -0.05) is 54.0 Å². The monoisotopic (exact) mass is 1080 g/mol. The van der Waals surface area contributed by atoms with Gasteiger partial charge in [-0.05, 0) is 80.6 Å². The number of rotatable bonds is 14. The van der Waals surface area contributed by atoms with E-state index in [0.717, 1.165) is 59.2 Å². The third-order valence-corrected chi connectivity index (χ3v) is 15.3. The Morgan fingerprint density at radius 3 is 2.54 bits per heavy atom. The number of nitrogens with one attached hydrogen (secondary N) is 3. The molecule has 22 heteroatoms. The van der Waals surface area contributed by atoms with Gasteiger partial charge in [-0.25, -0.2) is 13.6 Å². The molecule has 0 radical (unpaired) electrons. The number of nitriles is 1. The Kier molecular flexibility index (Phi) is 15.0. The third-order valence-electron chi connectivity index (χ3n) is 14.7. The number of carbonyl (C=O) groups is 5. The molecule has 4 aromatic carbocycles. The van der Waals surface area contributed by atoms with Crippen molar-refractivity contribution in [2.45, 2.75) is 76.3 Å². The standard InChI is InChI=1S/C54H53Cl2F2N11O7/c1-30(28-75-45-22-34(55)21-41(48(45)58)61-53(74)60-24-32-20-33-25-69(52(73)38(33)23-40(32)57)44-11-12-46(70)63-50(44)71)51(72)68-19-18-67(26-35(68)13-15-59)49-37-14-17-66(43-10-4-7-31-6-3-9-39(56)47(31)43)27-42(37)62-54(64-49)76-29-36-8-5-16-65(36)2/h3-4,6-7,9-10,20-23,35-36,44H,1,5,8,11-14,16-19,24-29H2,2H3,(H2,60,61,74)(H,63,70,71)/t35-,36-,44?/m0/s1. The number of ether oxygens (including phenoxy) is 2. The van der Waals surface area contributed by atoms with Crippen LogP contribution in [0.25, 0.3) is 10.8 Å². The first-order valence-corrected chi connectivity index (χ1v) is 25.8. The van der Waals surface area contributed by atoms with Gasteiger partial charge in [-0.15, -0.1) is 0 Å². The van der Waals surface area contributed by atoms with E-state index in [1.807, 2.05) is 30.3 Å². The molecule has 0 spiro atoms. The van der Waals surface area contributed by atoms with E-state index < -0.39 is 65.7 Å². The van der Waals surface area contributed by atoms with Crippen molar-refractivity contribution in [3.63, 3.8) is 0 Å². The molecule has 5 aliphatic heterocycles. The number of carbonyl (C=O) groups excluding carboxylic acids is 5. The van der Waals surface area contributed by atoms with E-state index in [4.69, 9.17) is 42.6 Å². The van der Waals surface area contributed by atoms with Crippen LogP contribution in [0.2, 0.25) is 10.0 Å². The zero-order valence-corrected chi connectivity index (χ0v) is 43.0. The molecule has 3 saturated heterocycles. The van der Waals surface area contributed by atoms with Crippen molar-refractivity contribution in [3.05, 3.63) is 122 Å². The summed E-state index contributed by atoms with van der Waals surface area (Å²) in [5.41, 5.74) is 2.89. The molecule has 0 saturated carbocycles. The Hall–Kier alpha value is -7.60. The third kappa shape index (κ3) is 10.6. The molecule has 3 fully saturated rings. The Balaban J connectivity index is 0.784. The predicted octanol–water partition coefficient (Wildman–Crippen LogP) is 6.90. The molecule has 76 heavy (non-hydrogen) atoms. The van der Waals surface area contributed by atoms with Gasteiger partial charge >= 0.3 is 12.0 Å². The Bertz CT molecular complexity index is 3240. The van der Waals surface area contributed by atoms with Crippen LogP contribution in [0.3, 0.4) is 0 Å². The van der Waals surface area contributed by atoms with Crippen molar-refractivity contribution < 1.29 is 42.2 Å². The minimum atomic E-state index is -1.01. The van der Waals surface area contributed by atoms with Crippen LogP contribution < -0.4 is 35.2 Å². The number of anilines is 3. The van der Waals surface area contributed by atoms with Crippen LogP contribution in [0.15, 0.2) is 72.8 Å². The lowest BCUT2D eigenvalue weighted by molar-refractivity contribution is -0.137. The fourth-order valence-electron chi connectivity index (χ4n) is 10.7. The summed E-state index contributed by atoms with van der Waals surface area (Å²) in [5.74, 6) is -3.59. The molecule has 0 aliphatic carbocycles. The van der Waals surface area contributed by atoms with Gasteiger partial charge in [0.25, 0.3) is 11.8 Å². The SMILES string of the molecule is C=C(COc1cc(Cl)cc(NC(=O)NCc2cc3c(cc2F)C(=O)N(C2CCC(=O)NC2=O)C3)c1F)C(=O)N1CCN(c2nc(OC[C@@H]3CCCN3C)nc3c2CCN(c2cccc4cccc(Cl)c24)C3)C[C@@H]1CC#N. The van der Waals surface area contributed by atoms with Gasteiger partial charge in [0, 0.05) is 96.2 Å². The average molecular weight is 1080 g/mol. The van der Waals surface area contributed by atoms with Crippen LogP contribution in [0.5, 0.6) is 11.8 Å². The van der Waals surface area contributed by atoms with Crippen molar-refractivity contribution in [3.8, 4) is 17.8 Å². The Labute approximate surface area is 446 Å². The molecule has 6 amide bonds. The highest BCUT2D eigenvalue weighted by Gasteiger charge is 2.40. The summed E-state index contributed by atoms with van der Waals surface area (Å²) in [7, 11) is 2.08. The molecule has 1 unspecified atom stereocenters. The van der Waals surface area contributed by atoms with Crippen LogP contribution in [-0.4, -0.2) is 125 Å². The van der Waals surface area contributed by atoms with Gasteiger partial charge in [-0.2, -0.15) is 15.2 Å². The molecule has 5 aromatic rings. The summed E-state index contributed by atoms with van der Waals surface area (Å²) in [5, 5.41) is 19.7. The van der Waals surface area contributed by atoms with E-state index in [0.29, 0.717) is 49.1 Å². The van der Waals surface area contributed by atoms with Crippen LogP contribution >= 0.6 is 23.2 Å². The number of likely N-dealkylation sites (N-methyl/N-ethyl adjacent to an activating group) is 1. The van der Waals surface area contributed by atoms with Crippen LogP contribution in [0.4, 0.5) is 30.8 Å². The topological polar surface area (TPSA) is 206 Å². The number of piperidine rings is 1. The van der Waals surface area contributed by atoms with Gasteiger partial charge in [0.1, 0.15) is 30.9 Å². The number of hydrogen-bond donors (Lipinski definition) is 3. The molecule has 0 bridgehead atoms. The first-order chi connectivity index (χ1) is 36.6. The summed E-state index contributed by atoms with van der Waals surface area (Å²) in [6, 6.07) is 17.1. The van der Waals surface area contributed by atoms with Crippen LogP contribution in [0, 0.1) is 23.0 Å². The van der Waals surface area contributed by atoms with Crippen molar-refractivity contribution >= 4 is 80.8 Å². The zero-order chi connectivity index (χ0) is 53.4.